The third-order valence-electron chi connectivity index (χ3n) is 3.28. The highest BCUT2D eigenvalue weighted by Gasteiger charge is 2.25. The molecular weight excluding hydrogens is 284 g/mol. The lowest BCUT2D eigenvalue weighted by atomic mass is 10.3. The zero-order valence-corrected chi connectivity index (χ0v) is 12.6. The predicted molar refractivity (Wildman–Crippen MR) is 84.0 cm³/mol. The van der Waals surface area contributed by atoms with Gasteiger partial charge in [-0.2, -0.15) is 4.98 Å². The van der Waals surface area contributed by atoms with Crippen molar-refractivity contribution in [2.45, 2.75) is 30.5 Å². The van der Waals surface area contributed by atoms with Crippen molar-refractivity contribution in [3.8, 4) is 5.75 Å². The summed E-state index contributed by atoms with van der Waals surface area (Å²) in [7, 11) is 0. The molecule has 1 aromatic carbocycles. The molecule has 3 rings (SSSR count). The van der Waals surface area contributed by atoms with Crippen LogP contribution in [0.5, 0.6) is 5.75 Å². The quantitative estimate of drug-likeness (QED) is 0.448. The molecule has 0 spiro atoms. The first-order valence-corrected chi connectivity index (χ1v) is 8.21. The van der Waals surface area contributed by atoms with E-state index in [4.69, 9.17) is 4.74 Å². The maximum absolute atomic E-state index is 11.4. The Balaban J connectivity index is 1.47. The molecule has 0 N–H and O–H groups in total. The summed E-state index contributed by atoms with van der Waals surface area (Å²) in [6, 6.07) is 11.9. The first-order chi connectivity index (χ1) is 10.3. The van der Waals surface area contributed by atoms with Crippen LogP contribution in [0.15, 0.2) is 52.5 Å². The van der Waals surface area contributed by atoms with E-state index in [2.05, 4.69) is 9.55 Å². The van der Waals surface area contributed by atoms with E-state index in [1.807, 2.05) is 36.5 Å². The van der Waals surface area contributed by atoms with Crippen molar-refractivity contribution in [1.29, 1.82) is 0 Å². The second-order valence-corrected chi connectivity index (χ2v) is 6.11. The monoisotopic (exact) mass is 302 g/mol. The number of nitrogens with zero attached hydrogens (tertiary/aromatic N) is 2. The van der Waals surface area contributed by atoms with Gasteiger partial charge in [-0.3, -0.25) is 4.79 Å². The van der Waals surface area contributed by atoms with Crippen LogP contribution in [0.4, 0.5) is 0 Å². The van der Waals surface area contributed by atoms with Gasteiger partial charge in [0.2, 0.25) is 0 Å². The number of hydrogen-bond acceptors (Lipinski definition) is 4. The van der Waals surface area contributed by atoms with E-state index >= 15 is 0 Å². The van der Waals surface area contributed by atoms with Crippen LogP contribution in [0, 0.1) is 0 Å². The van der Waals surface area contributed by atoms with E-state index < -0.39 is 0 Å². The van der Waals surface area contributed by atoms with Gasteiger partial charge in [0.25, 0.3) is 5.56 Å². The fourth-order valence-electron chi connectivity index (χ4n) is 2.06. The number of para-hydroxylation sites is 1. The molecule has 0 bridgehead atoms. The number of ether oxygens (including phenoxy) is 1. The number of thioether (sulfide) groups is 1. The van der Waals surface area contributed by atoms with E-state index in [0.29, 0.717) is 12.6 Å². The lowest BCUT2D eigenvalue weighted by molar-refractivity contribution is 0.318. The number of hydrogen-bond donors (Lipinski definition) is 0. The van der Waals surface area contributed by atoms with Crippen LogP contribution in [0.3, 0.4) is 0 Å². The number of benzene rings is 1. The molecule has 0 aliphatic heterocycles. The van der Waals surface area contributed by atoms with Gasteiger partial charge in [0.15, 0.2) is 5.16 Å². The Morgan fingerprint density at radius 2 is 2.05 bits per heavy atom. The topological polar surface area (TPSA) is 44.1 Å². The molecule has 0 radical (unpaired) electrons. The number of rotatable bonds is 7. The molecular formula is C16H18N2O2S. The van der Waals surface area contributed by atoms with Crippen molar-refractivity contribution in [3.63, 3.8) is 0 Å². The standard InChI is InChI=1S/C16H18N2O2S/c19-15-9-10-18(13-7-8-13)16(17-15)21-12-4-11-20-14-5-2-1-3-6-14/h1-3,5-6,9-10,13H,4,7-8,11-12H2. The van der Waals surface area contributed by atoms with Crippen molar-refractivity contribution in [2.24, 2.45) is 0 Å². The van der Waals surface area contributed by atoms with Gasteiger partial charge in [0.1, 0.15) is 5.75 Å². The molecule has 0 atom stereocenters. The van der Waals surface area contributed by atoms with E-state index in [0.717, 1.165) is 23.1 Å². The normalized spacial score (nSPS) is 14.1. The molecule has 1 aromatic heterocycles. The molecule has 21 heavy (non-hydrogen) atoms. The summed E-state index contributed by atoms with van der Waals surface area (Å²) in [5, 5.41) is 0.838. The van der Waals surface area contributed by atoms with E-state index in [1.165, 1.54) is 12.8 Å². The second kappa shape index (κ2) is 6.80. The third kappa shape index (κ3) is 4.11. The first-order valence-electron chi connectivity index (χ1n) is 7.23. The Bertz CT molecular complexity index is 638. The Morgan fingerprint density at radius 3 is 2.81 bits per heavy atom. The molecule has 1 aliphatic carbocycles. The van der Waals surface area contributed by atoms with Crippen LogP contribution in [0.25, 0.3) is 0 Å². The van der Waals surface area contributed by atoms with Gasteiger partial charge in [-0.05, 0) is 31.4 Å². The summed E-state index contributed by atoms with van der Waals surface area (Å²) in [6.07, 6.45) is 5.18. The fourth-order valence-corrected chi connectivity index (χ4v) is 3.02. The first kappa shape index (κ1) is 14.2. The second-order valence-electron chi connectivity index (χ2n) is 5.05. The molecule has 1 aliphatic rings. The maximum Gasteiger partial charge on any atom is 0.273 e. The smallest absolute Gasteiger partial charge is 0.273 e. The van der Waals surface area contributed by atoms with E-state index in [9.17, 15) is 4.79 Å². The fraction of sp³-hybridized carbons (Fsp3) is 0.375. The van der Waals surface area contributed by atoms with Crippen LogP contribution >= 0.6 is 11.8 Å². The highest BCUT2D eigenvalue weighted by molar-refractivity contribution is 7.99. The summed E-state index contributed by atoms with van der Waals surface area (Å²) >= 11 is 1.64. The molecule has 0 amide bonds. The largest absolute Gasteiger partial charge is 0.494 e. The zero-order chi connectivity index (χ0) is 14.5. The molecule has 4 nitrogen and oxygen atoms in total. The maximum atomic E-state index is 11.4. The average Bonchev–Trinajstić information content (AvgIpc) is 3.33. The highest BCUT2D eigenvalue weighted by Crippen LogP contribution is 2.37. The van der Waals surface area contributed by atoms with Crippen molar-refractivity contribution in [3.05, 3.63) is 52.9 Å². The summed E-state index contributed by atoms with van der Waals surface area (Å²) in [6.45, 7) is 0.678. The van der Waals surface area contributed by atoms with Crippen molar-refractivity contribution in [2.75, 3.05) is 12.4 Å². The molecule has 1 heterocycles. The van der Waals surface area contributed by atoms with Crippen molar-refractivity contribution < 1.29 is 4.74 Å². The molecule has 0 saturated heterocycles. The molecule has 1 saturated carbocycles. The van der Waals surface area contributed by atoms with E-state index in [-0.39, 0.29) is 5.56 Å². The van der Waals surface area contributed by atoms with Gasteiger partial charge < -0.3 is 9.30 Å². The van der Waals surface area contributed by atoms with Crippen LogP contribution < -0.4 is 10.3 Å². The Morgan fingerprint density at radius 1 is 1.24 bits per heavy atom. The summed E-state index contributed by atoms with van der Waals surface area (Å²) in [5.41, 5.74) is -0.157. The lowest BCUT2D eigenvalue weighted by Crippen LogP contribution is -2.12. The summed E-state index contributed by atoms with van der Waals surface area (Å²) in [5.74, 6) is 1.80. The van der Waals surface area contributed by atoms with Gasteiger partial charge in [-0.1, -0.05) is 30.0 Å². The minimum atomic E-state index is -0.157. The van der Waals surface area contributed by atoms with Crippen LogP contribution in [0.1, 0.15) is 25.3 Å². The van der Waals surface area contributed by atoms with Crippen LogP contribution in [-0.2, 0) is 0 Å². The van der Waals surface area contributed by atoms with Gasteiger partial charge in [0.05, 0.1) is 6.61 Å². The van der Waals surface area contributed by atoms with Crippen molar-refractivity contribution >= 4 is 11.8 Å². The summed E-state index contributed by atoms with van der Waals surface area (Å²) in [4.78, 5) is 15.5. The zero-order valence-electron chi connectivity index (χ0n) is 11.8. The van der Waals surface area contributed by atoms with Crippen LogP contribution in [-0.4, -0.2) is 21.9 Å². The Kier molecular flexibility index (Phi) is 4.60. The molecule has 2 aromatic rings. The summed E-state index contributed by atoms with van der Waals surface area (Å²) < 4.78 is 7.78. The molecule has 0 unspecified atom stereocenters. The molecule has 5 heteroatoms. The SMILES string of the molecule is O=c1ccn(C2CC2)c(SCCCOc2ccccc2)n1. The predicted octanol–water partition coefficient (Wildman–Crippen LogP) is 3.14. The number of aromatic nitrogens is 2. The van der Waals surface area contributed by atoms with Crippen molar-refractivity contribution in [1.82, 2.24) is 9.55 Å². The van der Waals surface area contributed by atoms with Gasteiger partial charge in [0, 0.05) is 24.1 Å². The lowest BCUT2D eigenvalue weighted by Gasteiger charge is -2.10. The average molecular weight is 302 g/mol. The van der Waals surface area contributed by atoms with Crippen LogP contribution in [0.2, 0.25) is 0 Å². The van der Waals surface area contributed by atoms with Gasteiger partial charge in [-0.15, -0.1) is 0 Å². The minimum Gasteiger partial charge on any atom is -0.494 e. The Hall–Kier alpha value is -1.75. The molecule has 110 valence electrons. The van der Waals surface area contributed by atoms with Gasteiger partial charge in [-0.25, -0.2) is 0 Å². The highest BCUT2D eigenvalue weighted by atomic mass is 32.2. The minimum absolute atomic E-state index is 0.157. The third-order valence-corrected chi connectivity index (χ3v) is 4.33. The van der Waals surface area contributed by atoms with E-state index in [1.54, 1.807) is 17.8 Å². The van der Waals surface area contributed by atoms with Gasteiger partial charge >= 0.3 is 0 Å². The Labute approximate surface area is 128 Å². The molecule has 1 fully saturated rings.